The minimum Gasteiger partial charge on any atom is -0.353 e. The first-order chi connectivity index (χ1) is 10.3. The molecule has 2 unspecified atom stereocenters. The number of sulfone groups is 1. The van der Waals surface area contributed by atoms with E-state index in [1.807, 2.05) is 13.8 Å². The van der Waals surface area contributed by atoms with E-state index < -0.39 is 9.84 Å². The van der Waals surface area contributed by atoms with Gasteiger partial charge in [-0.1, -0.05) is 20.3 Å². The SMILES string of the molecule is CC(C)CS(=O)(=O)CCC(=O)NC1C2CCCC1CC(N)C2.Cl. The van der Waals surface area contributed by atoms with Crippen molar-refractivity contribution in [3.8, 4) is 0 Å². The smallest absolute Gasteiger partial charge is 0.221 e. The van der Waals surface area contributed by atoms with Crippen LogP contribution in [0.5, 0.6) is 0 Å². The fraction of sp³-hybridized carbons (Fsp3) is 0.938. The quantitative estimate of drug-likeness (QED) is 0.751. The summed E-state index contributed by atoms with van der Waals surface area (Å²) in [6.45, 7) is 3.76. The van der Waals surface area contributed by atoms with Crippen molar-refractivity contribution >= 4 is 28.2 Å². The van der Waals surface area contributed by atoms with Gasteiger partial charge in [-0.15, -0.1) is 12.4 Å². The van der Waals surface area contributed by atoms with Gasteiger partial charge in [0, 0.05) is 18.5 Å². The number of hydrogen-bond acceptors (Lipinski definition) is 4. The number of hydrogen-bond donors (Lipinski definition) is 2. The molecule has 2 aliphatic carbocycles. The second-order valence-electron chi connectivity index (χ2n) is 7.53. The minimum absolute atomic E-state index is 0. The highest BCUT2D eigenvalue weighted by Gasteiger charge is 2.39. The average Bonchev–Trinajstić information content (AvgIpc) is 2.36. The molecule has 0 aromatic carbocycles. The molecule has 2 atom stereocenters. The molecule has 0 radical (unpaired) electrons. The predicted octanol–water partition coefficient (Wildman–Crippen LogP) is 1.89. The molecule has 1 amide bonds. The maximum Gasteiger partial charge on any atom is 0.221 e. The van der Waals surface area contributed by atoms with Gasteiger partial charge in [0.25, 0.3) is 0 Å². The van der Waals surface area contributed by atoms with Gasteiger partial charge in [0.05, 0.1) is 11.5 Å². The zero-order valence-electron chi connectivity index (χ0n) is 14.2. The molecule has 2 rings (SSSR count). The van der Waals surface area contributed by atoms with Gasteiger partial charge in [0.15, 0.2) is 9.84 Å². The van der Waals surface area contributed by atoms with E-state index in [0.29, 0.717) is 11.8 Å². The molecule has 0 aromatic heterocycles. The summed E-state index contributed by atoms with van der Waals surface area (Å²) in [6, 6.07) is 0.462. The lowest BCUT2D eigenvalue weighted by Crippen LogP contribution is -2.53. The number of rotatable bonds is 6. The Morgan fingerprint density at radius 3 is 2.30 bits per heavy atom. The molecule has 3 N–H and O–H groups in total. The van der Waals surface area contributed by atoms with Crippen LogP contribution in [0.25, 0.3) is 0 Å². The Labute approximate surface area is 146 Å². The minimum atomic E-state index is -3.12. The standard InChI is InChI=1S/C16H30N2O3S.ClH/c1-11(2)10-22(20,21)7-6-15(19)18-16-12-4-3-5-13(16)9-14(17)8-12;/h11-14,16H,3-10,17H2,1-2H3,(H,18,19);1H. The van der Waals surface area contributed by atoms with Gasteiger partial charge in [-0.05, 0) is 43.4 Å². The van der Waals surface area contributed by atoms with Gasteiger partial charge in [-0.3, -0.25) is 4.79 Å². The van der Waals surface area contributed by atoms with E-state index in [2.05, 4.69) is 5.32 Å². The molecule has 23 heavy (non-hydrogen) atoms. The predicted molar refractivity (Wildman–Crippen MR) is 95.3 cm³/mol. The summed E-state index contributed by atoms with van der Waals surface area (Å²) in [5, 5.41) is 3.11. The van der Waals surface area contributed by atoms with Crippen molar-refractivity contribution in [1.82, 2.24) is 5.32 Å². The van der Waals surface area contributed by atoms with Crippen LogP contribution in [0.3, 0.4) is 0 Å². The summed E-state index contributed by atoms with van der Waals surface area (Å²) in [5.74, 6) is 1.04. The summed E-state index contributed by atoms with van der Waals surface area (Å²) in [7, 11) is -3.12. The summed E-state index contributed by atoms with van der Waals surface area (Å²) in [6.07, 6.45) is 5.51. The number of halogens is 1. The van der Waals surface area contributed by atoms with E-state index >= 15 is 0 Å². The molecular formula is C16H31ClN2O3S. The number of carbonyl (C=O) groups is 1. The lowest BCUT2D eigenvalue weighted by atomic mass is 9.67. The Hall–Kier alpha value is -0.330. The summed E-state index contributed by atoms with van der Waals surface area (Å²) in [4.78, 5) is 12.1. The molecule has 5 nitrogen and oxygen atoms in total. The van der Waals surface area contributed by atoms with Crippen LogP contribution in [0.1, 0.15) is 52.4 Å². The third-order valence-corrected chi connectivity index (χ3v) is 6.93. The van der Waals surface area contributed by atoms with E-state index in [1.165, 1.54) is 6.42 Å². The van der Waals surface area contributed by atoms with Crippen LogP contribution in [0.2, 0.25) is 0 Å². The van der Waals surface area contributed by atoms with Crippen LogP contribution in [0, 0.1) is 17.8 Å². The fourth-order valence-electron chi connectivity index (χ4n) is 4.12. The van der Waals surface area contributed by atoms with Gasteiger partial charge in [-0.2, -0.15) is 0 Å². The van der Waals surface area contributed by atoms with Crippen LogP contribution in [-0.2, 0) is 14.6 Å². The van der Waals surface area contributed by atoms with Gasteiger partial charge >= 0.3 is 0 Å². The Balaban J connectivity index is 0.00000264. The normalized spacial score (nSPS) is 30.6. The Morgan fingerprint density at radius 2 is 1.78 bits per heavy atom. The first kappa shape index (κ1) is 20.7. The molecule has 0 aromatic rings. The maximum atomic E-state index is 12.1. The number of carbonyl (C=O) groups excluding carboxylic acids is 1. The monoisotopic (exact) mass is 366 g/mol. The Morgan fingerprint density at radius 1 is 1.22 bits per heavy atom. The van der Waals surface area contributed by atoms with Gasteiger partial charge in [0.1, 0.15) is 0 Å². The van der Waals surface area contributed by atoms with Crippen LogP contribution in [0.4, 0.5) is 0 Å². The van der Waals surface area contributed by atoms with Crippen molar-refractivity contribution in [2.45, 2.75) is 64.5 Å². The molecule has 2 bridgehead atoms. The molecule has 0 aliphatic heterocycles. The third-order valence-electron chi connectivity index (χ3n) is 4.93. The van der Waals surface area contributed by atoms with E-state index in [9.17, 15) is 13.2 Å². The lowest BCUT2D eigenvalue weighted by Gasteiger charge is -2.45. The molecule has 7 heteroatoms. The van der Waals surface area contributed by atoms with Crippen LogP contribution in [-0.4, -0.2) is 37.9 Å². The van der Waals surface area contributed by atoms with Gasteiger partial charge in [-0.25, -0.2) is 8.42 Å². The average molecular weight is 367 g/mol. The zero-order valence-corrected chi connectivity index (χ0v) is 15.8. The van der Waals surface area contributed by atoms with Crippen molar-refractivity contribution in [3.63, 3.8) is 0 Å². The third kappa shape index (κ3) is 6.24. The fourth-order valence-corrected chi connectivity index (χ4v) is 5.80. The largest absolute Gasteiger partial charge is 0.353 e. The summed E-state index contributed by atoms with van der Waals surface area (Å²) < 4.78 is 23.8. The first-order valence-electron chi connectivity index (χ1n) is 8.52. The van der Waals surface area contributed by atoms with Gasteiger partial charge < -0.3 is 11.1 Å². The van der Waals surface area contributed by atoms with Crippen LogP contribution >= 0.6 is 12.4 Å². The maximum absolute atomic E-state index is 12.1. The molecule has 0 heterocycles. The Kier molecular flexibility index (Phi) is 7.81. The highest BCUT2D eigenvalue weighted by atomic mass is 35.5. The van der Waals surface area contributed by atoms with E-state index in [-0.39, 0.29) is 54.2 Å². The van der Waals surface area contributed by atoms with Crippen LogP contribution in [0.15, 0.2) is 0 Å². The zero-order chi connectivity index (χ0) is 16.3. The second-order valence-corrected chi connectivity index (χ2v) is 9.76. The second kappa shape index (κ2) is 8.67. The summed E-state index contributed by atoms with van der Waals surface area (Å²) >= 11 is 0. The van der Waals surface area contributed by atoms with E-state index in [4.69, 9.17) is 5.73 Å². The van der Waals surface area contributed by atoms with E-state index in [1.54, 1.807) is 0 Å². The number of fused-ring (bicyclic) bond motifs is 2. The highest BCUT2D eigenvalue weighted by molar-refractivity contribution is 7.91. The van der Waals surface area contributed by atoms with Crippen LogP contribution < -0.4 is 11.1 Å². The molecule has 2 saturated carbocycles. The first-order valence-corrected chi connectivity index (χ1v) is 10.3. The summed E-state index contributed by atoms with van der Waals surface area (Å²) in [5.41, 5.74) is 6.09. The van der Waals surface area contributed by atoms with Crippen molar-refractivity contribution in [1.29, 1.82) is 0 Å². The van der Waals surface area contributed by atoms with Crippen molar-refractivity contribution in [2.24, 2.45) is 23.5 Å². The molecule has 0 spiro atoms. The van der Waals surface area contributed by atoms with E-state index in [0.717, 1.165) is 25.7 Å². The lowest BCUT2D eigenvalue weighted by molar-refractivity contribution is -0.123. The number of nitrogens with two attached hydrogens (primary N) is 1. The molecule has 2 aliphatic rings. The molecule has 0 saturated heterocycles. The molecular weight excluding hydrogens is 336 g/mol. The van der Waals surface area contributed by atoms with Gasteiger partial charge in [0.2, 0.25) is 5.91 Å². The number of nitrogens with one attached hydrogen (secondary N) is 1. The van der Waals surface area contributed by atoms with Crippen molar-refractivity contribution in [2.75, 3.05) is 11.5 Å². The topological polar surface area (TPSA) is 89.3 Å². The Bertz CT molecular complexity index is 482. The molecule has 2 fully saturated rings. The van der Waals surface area contributed by atoms with Crippen molar-refractivity contribution < 1.29 is 13.2 Å². The van der Waals surface area contributed by atoms with Crippen molar-refractivity contribution in [3.05, 3.63) is 0 Å². The highest BCUT2D eigenvalue weighted by Crippen LogP contribution is 2.39. The number of amides is 1. The molecule has 136 valence electrons.